The van der Waals surface area contributed by atoms with Crippen molar-refractivity contribution in [3.63, 3.8) is 0 Å². The van der Waals surface area contributed by atoms with Crippen LogP contribution in [0.4, 0.5) is 5.69 Å². The predicted octanol–water partition coefficient (Wildman–Crippen LogP) is 2.28. The standard InChI is InChI=1S/C14H19N2/c1-2-4-13(5-3-1)16-11-8-14(12-16)6-9-15-10-7-14/h1-5H,6-12H2. The minimum atomic E-state index is 0.581. The first-order chi connectivity index (χ1) is 7.88. The van der Waals surface area contributed by atoms with E-state index in [0.717, 1.165) is 13.1 Å². The topological polar surface area (TPSA) is 17.3 Å². The average Bonchev–Trinajstić information content (AvgIpc) is 2.75. The van der Waals surface area contributed by atoms with E-state index in [1.54, 1.807) is 0 Å². The van der Waals surface area contributed by atoms with Crippen molar-refractivity contribution in [3.8, 4) is 0 Å². The number of anilines is 1. The van der Waals surface area contributed by atoms with Crippen LogP contribution in [0.1, 0.15) is 19.3 Å². The zero-order chi connectivity index (χ0) is 10.8. The lowest BCUT2D eigenvalue weighted by Crippen LogP contribution is -2.35. The molecule has 0 atom stereocenters. The second-order valence-corrected chi connectivity index (χ2v) is 5.18. The number of para-hydroxylation sites is 1. The van der Waals surface area contributed by atoms with Crippen molar-refractivity contribution in [2.75, 3.05) is 31.1 Å². The van der Waals surface area contributed by atoms with E-state index >= 15 is 0 Å². The van der Waals surface area contributed by atoms with Crippen molar-refractivity contribution in [1.29, 1.82) is 0 Å². The summed E-state index contributed by atoms with van der Waals surface area (Å²) in [5.74, 6) is 0. The highest BCUT2D eigenvalue weighted by molar-refractivity contribution is 5.47. The van der Waals surface area contributed by atoms with Gasteiger partial charge in [0.1, 0.15) is 0 Å². The van der Waals surface area contributed by atoms with Crippen molar-refractivity contribution < 1.29 is 0 Å². The summed E-state index contributed by atoms with van der Waals surface area (Å²) in [6, 6.07) is 10.8. The summed E-state index contributed by atoms with van der Waals surface area (Å²) >= 11 is 0. The van der Waals surface area contributed by atoms with E-state index in [9.17, 15) is 0 Å². The summed E-state index contributed by atoms with van der Waals surface area (Å²) in [7, 11) is 0. The molecule has 0 saturated carbocycles. The second-order valence-electron chi connectivity index (χ2n) is 5.18. The van der Waals surface area contributed by atoms with Crippen LogP contribution >= 0.6 is 0 Å². The molecule has 2 aliphatic heterocycles. The van der Waals surface area contributed by atoms with Gasteiger partial charge in [0.25, 0.3) is 0 Å². The van der Waals surface area contributed by atoms with Crippen molar-refractivity contribution in [3.05, 3.63) is 30.3 Å². The number of rotatable bonds is 1. The maximum absolute atomic E-state index is 4.48. The molecule has 0 N–H and O–H groups in total. The lowest BCUT2D eigenvalue weighted by Gasteiger charge is -2.33. The maximum Gasteiger partial charge on any atom is 0.0366 e. The fourth-order valence-electron chi connectivity index (χ4n) is 3.07. The number of nitrogens with zero attached hydrogens (tertiary/aromatic N) is 2. The molecule has 2 aliphatic rings. The first kappa shape index (κ1) is 10.2. The third kappa shape index (κ3) is 1.82. The van der Waals surface area contributed by atoms with Crippen LogP contribution in [-0.4, -0.2) is 26.2 Å². The van der Waals surface area contributed by atoms with Crippen LogP contribution in [0.3, 0.4) is 0 Å². The fourth-order valence-corrected chi connectivity index (χ4v) is 3.07. The van der Waals surface area contributed by atoms with Gasteiger partial charge in [0.15, 0.2) is 0 Å². The average molecular weight is 215 g/mol. The van der Waals surface area contributed by atoms with E-state index < -0.39 is 0 Å². The van der Waals surface area contributed by atoms with E-state index in [4.69, 9.17) is 0 Å². The van der Waals surface area contributed by atoms with Gasteiger partial charge in [-0.15, -0.1) is 0 Å². The Morgan fingerprint density at radius 1 is 1.00 bits per heavy atom. The molecule has 2 heterocycles. The lowest BCUT2D eigenvalue weighted by molar-refractivity contribution is 0.230. The van der Waals surface area contributed by atoms with Gasteiger partial charge in [-0.05, 0) is 36.8 Å². The molecule has 85 valence electrons. The van der Waals surface area contributed by atoms with Gasteiger partial charge in [0.2, 0.25) is 0 Å². The molecule has 1 spiro atoms. The van der Waals surface area contributed by atoms with Gasteiger partial charge >= 0.3 is 0 Å². The van der Waals surface area contributed by atoms with E-state index in [0.29, 0.717) is 5.41 Å². The Balaban J connectivity index is 1.73. The van der Waals surface area contributed by atoms with Crippen LogP contribution in [-0.2, 0) is 0 Å². The Morgan fingerprint density at radius 2 is 1.75 bits per heavy atom. The van der Waals surface area contributed by atoms with Crippen molar-refractivity contribution >= 4 is 5.69 Å². The maximum atomic E-state index is 4.48. The highest BCUT2D eigenvalue weighted by Gasteiger charge is 2.38. The minimum Gasteiger partial charge on any atom is -0.371 e. The van der Waals surface area contributed by atoms with Gasteiger partial charge in [0, 0.05) is 31.9 Å². The number of hydrogen-bond acceptors (Lipinski definition) is 1. The number of hydrogen-bond donors (Lipinski definition) is 0. The van der Waals surface area contributed by atoms with Crippen molar-refractivity contribution in [2.24, 2.45) is 5.41 Å². The first-order valence-corrected chi connectivity index (χ1v) is 6.31. The van der Waals surface area contributed by atoms with Crippen LogP contribution < -0.4 is 10.2 Å². The molecule has 0 unspecified atom stereocenters. The van der Waals surface area contributed by atoms with Crippen LogP contribution in [0.25, 0.3) is 0 Å². The zero-order valence-corrected chi connectivity index (χ0v) is 9.73. The Kier molecular flexibility index (Phi) is 2.60. The summed E-state index contributed by atoms with van der Waals surface area (Å²) in [5, 5.41) is 4.48. The zero-order valence-electron chi connectivity index (χ0n) is 9.73. The molecule has 2 heteroatoms. The SMILES string of the molecule is c1ccc(N2CCC3(CC[N]CC3)C2)cc1. The second kappa shape index (κ2) is 4.10. The van der Waals surface area contributed by atoms with Gasteiger partial charge in [-0.2, -0.15) is 0 Å². The van der Waals surface area contributed by atoms with Crippen LogP contribution in [0.2, 0.25) is 0 Å². The quantitative estimate of drug-likeness (QED) is 0.702. The van der Waals surface area contributed by atoms with Crippen LogP contribution in [0.5, 0.6) is 0 Å². The summed E-state index contributed by atoms with van der Waals surface area (Å²) in [6.07, 6.45) is 3.96. The van der Waals surface area contributed by atoms with Gasteiger partial charge in [-0.3, -0.25) is 0 Å². The monoisotopic (exact) mass is 215 g/mol. The normalized spacial score (nSPS) is 23.9. The highest BCUT2D eigenvalue weighted by atomic mass is 15.2. The van der Waals surface area contributed by atoms with Gasteiger partial charge in [-0.1, -0.05) is 18.2 Å². The molecule has 3 rings (SSSR count). The molecule has 2 fully saturated rings. The summed E-state index contributed by atoms with van der Waals surface area (Å²) in [5.41, 5.74) is 1.97. The smallest absolute Gasteiger partial charge is 0.0366 e. The fraction of sp³-hybridized carbons (Fsp3) is 0.571. The summed E-state index contributed by atoms with van der Waals surface area (Å²) in [4.78, 5) is 2.55. The lowest BCUT2D eigenvalue weighted by atomic mass is 9.78. The van der Waals surface area contributed by atoms with Gasteiger partial charge in [0.05, 0.1) is 0 Å². The molecule has 2 nitrogen and oxygen atoms in total. The number of piperidine rings is 1. The summed E-state index contributed by atoms with van der Waals surface area (Å²) < 4.78 is 0. The molecule has 1 radical (unpaired) electrons. The molecular weight excluding hydrogens is 196 g/mol. The molecule has 16 heavy (non-hydrogen) atoms. The van der Waals surface area contributed by atoms with Crippen molar-refractivity contribution in [2.45, 2.75) is 19.3 Å². The Bertz CT molecular complexity index is 341. The minimum absolute atomic E-state index is 0.581. The number of benzene rings is 1. The molecule has 0 aliphatic carbocycles. The predicted molar refractivity (Wildman–Crippen MR) is 66.8 cm³/mol. The Hall–Kier alpha value is -1.02. The van der Waals surface area contributed by atoms with Gasteiger partial charge < -0.3 is 4.90 Å². The summed E-state index contributed by atoms with van der Waals surface area (Å²) in [6.45, 7) is 4.64. The largest absolute Gasteiger partial charge is 0.371 e. The van der Waals surface area contributed by atoms with Crippen LogP contribution in [0, 0.1) is 5.41 Å². The van der Waals surface area contributed by atoms with E-state index in [2.05, 4.69) is 40.5 Å². The third-order valence-electron chi connectivity index (χ3n) is 4.16. The van der Waals surface area contributed by atoms with Crippen LogP contribution in [0.15, 0.2) is 30.3 Å². The first-order valence-electron chi connectivity index (χ1n) is 6.31. The molecule has 0 bridgehead atoms. The highest BCUT2D eigenvalue weighted by Crippen LogP contribution is 2.40. The molecule has 2 saturated heterocycles. The van der Waals surface area contributed by atoms with E-state index in [1.165, 1.54) is 38.0 Å². The molecule has 0 aromatic heterocycles. The van der Waals surface area contributed by atoms with E-state index in [-0.39, 0.29) is 0 Å². The van der Waals surface area contributed by atoms with E-state index in [1.807, 2.05) is 0 Å². The third-order valence-corrected chi connectivity index (χ3v) is 4.16. The van der Waals surface area contributed by atoms with Gasteiger partial charge in [-0.25, -0.2) is 5.32 Å². The molecule has 0 amide bonds. The Labute approximate surface area is 97.6 Å². The molecular formula is C14H19N2. The molecule has 1 aromatic carbocycles. The Morgan fingerprint density at radius 3 is 2.50 bits per heavy atom. The molecule has 1 aromatic rings. The van der Waals surface area contributed by atoms with Crippen molar-refractivity contribution in [1.82, 2.24) is 5.32 Å².